The van der Waals surface area contributed by atoms with Gasteiger partial charge in [0.05, 0.1) is 6.54 Å². The fraction of sp³-hybridized carbons (Fsp3) is 0.833. The Balaban J connectivity index is 2.03. The van der Waals surface area contributed by atoms with Gasteiger partial charge in [-0.2, -0.15) is 5.10 Å². The molecule has 0 spiro atoms. The second-order valence-electron chi connectivity index (χ2n) is 5.00. The average Bonchev–Trinajstić information content (AvgIpc) is 2.63. The third-order valence-electron chi connectivity index (χ3n) is 3.27. The topological polar surface area (TPSA) is 46.0 Å². The van der Waals surface area contributed by atoms with E-state index in [1.807, 2.05) is 4.68 Å². The average molecular weight is 237 g/mol. The van der Waals surface area contributed by atoms with Crippen molar-refractivity contribution >= 4 is 0 Å². The van der Waals surface area contributed by atoms with Crippen molar-refractivity contribution in [2.24, 2.45) is 0 Å². The van der Waals surface area contributed by atoms with Crippen molar-refractivity contribution in [2.45, 2.75) is 45.8 Å². The molecule has 5 heteroatoms. The Morgan fingerprint density at radius 1 is 1.53 bits per heavy atom. The second-order valence-corrected chi connectivity index (χ2v) is 5.00. The summed E-state index contributed by atoms with van der Waals surface area (Å²) in [5, 5.41) is 7.63. The van der Waals surface area contributed by atoms with Gasteiger partial charge in [-0.15, -0.1) is 0 Å². The van der Waals surface area contributed by atoms with Crippen molar-refractivity contribution in [1.82, 2.24) is 25.0 Å². The van der Waals surface area contributed by atoms with Gasteiger partial charge in [0.2, 0.25) is 0 Å². The van der Waals surface area contributed by atoms with E-state index in [1.54, 1.807) is 6.33 Å². The Morgan fingerprint density at radius 2 is 2.29 bits per heavy atom. The predicted molar refractivity (Wildman–Crippen MR) is 67.8 cm³/mol. The van der Waals surface area contributed by atoms with Gasteiger partial charge >= 0.3 is 0 Å². The normalized spacial score (nSPS) is 16.8. The monoisotopic (exact) mass is 237 g/mol. The molecular formula is C12H23N5. The second kappa shape index (κ2) is 5.60. The van der Waals surface area contributed by atoms with Gasteiger partial charge in [-0.05, 0) is 26.8 Å². The predicted octanol–water partition coefficient (Wildman–Crippen LogP) is 1.04. The van der Waals surface area contributed by atoms with Crippen LogP contribution in [0, 0.1) is 0 Å². The molecule has 1 aliphatic heterocycles. The van der Waals surface area contributed by atoms with Gasteiger partial charge in [-0.1, -0.05) is 6.92 Å². The molecule has 1 fully saturated rings. The summed E-state index contributed by atoms with van der Waals surface area (Å²) in [5.41, 5.74) is 0. The van der Waals surface area contributed by atoms with Crippen LogP contribution in [0.3, 0.4) is 0 Å². The van der Waals surface area contributed by atoms with Crippen molar-refractivity contribution in [2.75, 3.05) is 19.6 Å². The molecule has 0 atom stereocenters. The molecule has 1 aromatic heterocycles. The van der Waals surface area contributed by atoms with Crippen molar-refractivity contribution in [3.63, 3.8) is 0 Å². The molecule has 0 amide bonds. The summed E-state index contributed by atoms with van der Waals surface area (Å²) >= 11 is 0. The third kappa shape index (κ3) is 2.84. The number of rotatable bonds is 6. The lowest BCUT2D eigenvalue weighted by molar-refractivity contribution is 0.131. The molecule has 1 aromatic rings. The molecule has 1 aliphatic rings. The van der Waals surface area contributed by atoms with Gasteiger partial charge < -0.3 is 5.32 Å². The number of nitrogens with one attached hydrogen (secondary N) is 1. The molecule has 96 valence electrons. The summed E-state index contributed by atoms with van der Waals surface area (Å²) in [6, 6.07) is 1.06. The molecule has 0 aromatic carbocycles. The maximum Gasteiger partial charge on any atom is 0.141 e. The summed E-state index contributed by atoms with van der Waals surface area (Å²) in [6.45, 7) is 10.8. The van der Waals surface area contributed by atoms with Gasteiger partial charge in [0.15, 0.2) is 0 Å². The standard InChI is InChI=1S/C12H23N5/c1-4-5-16(11-6-13-7-11)8-12-14-9-15-17(12)10(2)3/h9-11,13H,4-8H2,1-3H3. The highest BCUT2D eigenvalue weighted by atomic mass is 15.4. The van der Waals surface area contributed by atoms with Crippen LogP contribution in [-0.2, 0) is 6.54 Å². The minimum Gasteiger partial charge on any atom is -0.314 e. The zero-order chi connectivity index (χ0) is 12.3. The molecule has 5 nitrogen and oxygen atoms in total. The summed E-state index contributed by atoms with van der Waals surface area (Å²) in [4.78, 5) is 6.90. The molecule has 2 rings (SSSR count). The van der Waals surface area contributed by atoms with Crippen LogP contribution in [-0.4, -0.2) is 45.3 Å². The molecule has 17 heavy (non-hydrogen) atoms. The molecule has 0 bridgehead atoms. The van der Waals surface area contributed by atoms with Crippen LogP contribution in [0.15, 0.2) is 6.33 Å². The van der Waals surface area contributed by atoms with Crippen LogP contribution in [0.5, 0.6) is 0 Å². The smallest absolute Gasteiger partial charge is 0.141 e. The van der Waals surface area contributed by atoms with Crippen molar-refractivity contribution < 1.29 is 0 Å². The number of nitrogens with zero attached hydrogens (tertiary/aromatic N) is 4. The van der Waals surface area contributed by atoms with Crippen LogP contribution < -0.4 is 5.32 Å². The van der Waals surface area contributed by atoms with Crippen LogP contribution in [0.4, 0.5) is 0 Å². The van der Waals surface area contributed by atoms with E-state index in [0.717, 1.165) is 32.0 Å². The summed E-state index contributed by atoms with van der Waals surface area (Å²) in [6.07, 6.45) is 2.85. The fourth-order valence-electron chi connectivity index (χ4n) is 2.21. The summed E-state index contributed by atoms with van der Waals surface area (Å²) in [7, 11) is 0. The highest BCUT2D eigenvalue weighted by Crippen LogP contribution is 2.13. The van der Waals surface area contributed by atoms with Crippen molar-refractivity contribution in [3.8, 4) is 0 Å². The van der Waals surface area contributed by atoms with E-state index in [2.05, 4.69) is 41.1 Å². The molecule has 0 aliphatic carbocycles. The summed E-state index contributed by atoms with van der Waals surface area (Å²) in [5.74, 6) is 1.08. The quantitative estimate of drug-likeness (QED) is 0.803. The van der Waals surface area contributed by atoms with Crippen LogP contribution in [0.25, 0.3) is 0 Å². The fourth-order valence-corrected chi connectivity index (χ4v) is 2.21. The first-order valence-electron chi connectivity index (χ1n) is 6.55. The molecule has 1 N–H and O–H groups in total. The first-order valence-corrected chi connectivity index (χ1v) is 6.55. The van der Waals surface area contributed by atoms with E-state index in [4.69, 9.17) is 0 Å². The van der Waals surface area contributed by atoms with Gasteiger partial charge in [0.25, 0.3) is 0 Å². The zero-order valence-electron chi connectivity index (χ0n) is 11.1. The first-order chi connectivity index (χ1) is 8.22. The van der Waals surface area contributed by atoms with E-state index in [1.165, 1.54) is 6.42 Å². The summed E-state index contributed by atoms with van der Waals surface area (Å²) < 4.78 is 2.02. The molecule has 2 heterocycles. The van der Waals surface area contributed by atoms with Crippen LogP contribution >= 0.6 is 0 Å². The first kappa shape index (κ1) is 12.5. The SMILES string of the molecule is CCCN(Cc1ncnn1C(C)C)C1CNC1. The Hall–Kier alpha value is -0.940. The lowest BCUT2D eigenvalue weighted by atomic mass is 10.1. The number of hydrogen-bond acceptors (Lipinski definition) is 4. The van der Waals surface area contributed by atoms with E-state index < -0.39 is 0 Å². The molecular weight excluding hydrogens is 214 g/mol. The number of aromatic nitrogens is 3. The number of hydrogen-bond donors (Lipinski definition) is 1. The molecule has 0 saturated carbocycles. The highest BCUT2D eigenvalue weighted by Gasteiger charge is 2.25. The third-order valence-corrected chi connectivity index (χ3v) is 3.27. The van der Waals surface area contributed by atoms with E-state index >= 15 is 0 Å². The van der Waals surface area contributed by atoms with E-state index in [9.17, 15) is 0 Å². The maximum atomic E-state index is 4.39. The van der Waals surface area contributed by atoms with Gasteiger partial charge in [0.1, 0.15) is 12.2 Å². The highest BCUT2D eigenvalue weighted by molar-refractivity contribution is 4.91. The van der Waals surface area contributed by atoms with Crippen LogP contribution in [0.1, 0.15) is 39.1 Å². The Bertz CT molecular complexity index is 342. The van der Waals surface area contributed by atoms with Gasteiger partial charge in [-0.3, -0.25) is 4.90 Å². The lowest BCUT2D eigenvalue weighted by Gasteiger charge is -2.38. The Kier molecular flexibility index (Phi) is 4.12. The Labute approximate surface area is 103 Å². The molecule has 1 saturated heterocycles. The zero-order valence-corrected chi connectivity index (χ0v) is 11.1. The van der Waals surface area contributed by atoms with Gasteiger partial charge in [-0.25, -0.2) is 9.67 Å². The van der Waals surface area contributed by atoms with Crippen molar-refractivity contribution in [1.29, 1.82) is 0 Å². The molecule has 0 radical (unpaired) electrons. The maximum absolute atomic E-state index is 4.39. The van der Waals surface area contributed by atoms with E-state index in [-0.39, 0.29) is 0 Å². The minimum absolute atomic E-state index is 0.385. The lowest BCUT2D eigenvalue weighted by Crippen LogP contribution is -2.57. The van der Waals surface area contributed by atoms with Gasteiger partial charge in [0, 0.05) is 25.2 Å². The molecule has 0 unspecified atom stereocenters. The van der Waals surface area contributed by atoms with Crippen LogP contribution in [0.2, 0.25) is 0 Å². The van der Waals surface area contributed by atoms with E-state index in [0.29, 0.717) is 12.1 Å². The largest absolute Gasteiger partial charge is 0.314 e. The minimum atomic E-state index is 0.385. The van der Waals surface area contributed by atoms with Crippen molar-refractivity contribution in [3.05, 3.63) is 12.2 Å². The Morgan fingerprint density at radius 3 is 2.82 bits per heavy atom.